The Morgan fingerprint density at radius 1 is 1.33 bits per heavy atom. The van der Waals surface area contributed by atoms with Crippen LogP contribution in [0.3, 0.4) is 0 Å². The fourth-order valence-corrected chi connectivity index (χ4v) is 1.93. The summed E-state index contributed by atoms with van der Waals surface area (Å²) in [5, 5.41) is 0. The SMILES string of the molecule is CC(N)Cc1ccccc1CC1(F)CC1. The molecule has 0 heterocycles. The molecule has 0 spiro atoms. The highest BCUT2D eigenvalue weighted by atomic mass is 19.1. The van der Waals surface area contributed by atoms with Crippen molar-refractivity contribution in [3.8, 4) is 0 Å². The molecule has 2 N–H and O–H groups in total. The van der Waals surface area contributed by atoms with Crippen molar-refractivity contribution in [1.29, 1.82) is 0 Å². The van der Waals surface area contributed by atoms with Gasteiger partial charge in [-0.25, -0.2) is 4.39 Å². The summed E-state index contributed by atoms with van der Waals surface area (Å²) in [6.07, 6.45) is 2.85. The molecule has 1 saturated carbocycles. The first-order valence-electron chi connectivity index (χ1n) is 5.60. The number of halogens is 1. The van der Waals surface area contributed by atoms with Crippen LogP contribution in [0.25, 0.3) is 0 Å². The first-order valence-corrected chi connectivity index (χ1v) is 5.60. The van der Waals surface area contributed by atoms with E-state index in [4.69, 9.17) is 5.73 Å². The van der Waals surface area contributed by atoms with Crippen LogP contribution < -0.4 is 5.73 Å². The summed E-state index contributed by atoms with van der Waals surface area (Å²) in [4.78, 5) is 0. The first kappa shape index (κ1) is 10.6. The molecule has 2 heteroatoms. The molecule has 15 heavy (non-hydrogen) atoms. The van der Waals surface area contributed by atoms with Crippen LogP contribution in [-0.4, -0.2) is 11.7 Å². The molecule has 0 radical (unpaired) electrons. The second-order valence-electron chi connectivity index (χ2n) is 4.78. The number of hydrogen-bond donors (Lipinski definition) is 1. The lowest BCUT2D eigenvalue weighted by Crippen LogP contribution is -2.19. The Kier molecular flexibility index (Phi) is 2.79. The van der Waals surface area contributed by atoms with Gasteiger partial charge in [-0.2, -0.15) is 0 Å². The topological polar surface area (TPSA) is 26.0 Å². The van der Waals surface area contributed by atoms with Crippen molar-refractivity contribution >= 4 is 0 Å². The second kappa shape index (κ2) is 3.93. The summed E-state index contributed by atoms with van der Waals surface area (Å²) in [6, 6.07) is 8.20. The van der Waals surface area contributed by atoms with Gasteiger partial charge in [-0.15, -0.1) is 0 Å². The summed E-state index contributed by atoms with van der Waals surface area (Å²) in [6.45, 7) is 1.99. The maximum atomic E-state index is 13.7. The highest BCUT2D eigenvalue weighted by Gasteiger charge is 2.43. The van der Waals surface area contributed by atoms with Gasteiger partial charge in [0.25, 0.3) is 0 Å². The molecule has 1 aliphatic carbocycles. The van der Waals surface area contributed by atoms with E-state index in [-0.39, 0.29) is 6.04 Å². The normalized spacial score (nSPS) is 19.9. The van der Waals surface area contributed by atoms with Crippen LogP contribution in [0.5, 0.6) is 0 Å². The second-order valence-corrected chi connectivity index (χ2v) is 4.78. The van der Waals surface area contributed by atoms with Gasteiger partial charge in [0.05, 0.1) is 0 Å². The van der Waals surface area contributed by atoms with Crippen LogP contribution in [0.4, 0.5) is 4.39 Å². The fraction of sp³-hybridized carbons (Fsp3) is 0.538. The Hall–Kier alpha value is -0.890. The zero-order chi connectivity index (χ0) is 10.9. The molecular formula is C13H18FN. The van der Waals surface area contributed by atoms with E-state index in [1.165, 1.54) is 5.56 Å². The molecule has 0 amide bonds. The first-order chi connectivity index (χ1) is 7.09. The molecule has 1 fully saturated rings. The van der Waals surface area contributed by atoms with Crippen molar-refractivity contribution in [3.05, 3.63) is 35.4 Å². The third-order valence-corrected chi connectivity index (χ3v) is 2.96. The summed E-state index contributed by atoms with van der Waals surface area (Å²) < 4.78 is 13.7. The van der Waals surface area contributed by atoms with Gasteiger partial charge in [-0.05, 0) is 37.3 Å². The predicted molar refractivity (Wildman–Crippen MR) is 60.6 cm³/mol. The van der Waals surface area contributed by atoms with Gasteiger partial charge < -0.3 is 5.73 Å². The molecule has 2 rings (SSSR count). The lowest BCUT2D eigenvalue weighted by Gasteiger charge is -2.13. The highest BCUT2D eigenvalue weighted by molar-refractivity contribution is 5.30. The van der Waals surface area contributed by atoms with Gasteiger partial charge in [0.2, 0.25) is 0 Å². The van der Waals surface area contributed by atoms with E-state index in [1.54, 1.807) is 0 Å². The Morgan fingerprint density at radius 2 is 1.93 bits per heavy atom. The van der Waals surface area contributed by atoms with E-state index in [0.29, 0.717) is 6.42 Å². The molecule has 1 aliphatic rings. The number of rotatable bonds is 4. The molecule has 1 nitrogen and oxygen atoms in total. The van der Waals surface area contributed by atoms with Crippen molar-refractivity contribution in [2.75, 3.05) is 0 Å². The average Bonchev–Trinajstić information content (AvgIpc) is 2.86. The van der Waals surface area contributed by atoms with Gasteiger partial charge in [-0.1, -0.05) is 24.3 Å². The van der Waals surface area contributed by atoms with E-state index in [2.05, 4.69) is 6.07 Å². The van der Waals surface area contributed by atoms with E-state index in [9.17, 15) is 4.39 Å². The van der Waals surface area contributed by atoms with E-state index in [0.717, 1.165) is 24.8 Å². The molecule has 0 aromatic heterocycles. The lowest BCUT2D eigenvalue weighted by atomic mass is 9.97. The standard InChI is InChI=1S/C13H18FN/c1-10(15)8-11-4-2-3-5-12(11)9-13(14)6-7-13/h2-5,10H,6-9,15H2,1H3. The minimum Gasteiger partial charge on any atom is -0.328 e. The molecular weight excluding hydrogens is 189 g/mol. The lowest BCUT2D eigenvalue weighted by molar-refractivity contribution is 0.307. The third-order valence-electron chi connectivity index (χ3n) is 2.96. The quantitative estimate of drug-likeness (QED) is 0.807. The van der Waals surface area contributed by atoms with E-state index in [1.807, 2.05) is 25.1 Å². The summed E-state index contributed by atoms with van der Waals surface area (Å²) >= 11 is 0. The van der Waals surface area contributed by atoms with Crippen molar-refractivity contribution in [1.82, 2.24) is 0 Å². The maximum absolute atomic E-state index is 13.7. The zero-order valence-corrected chi connectivity index (χ0v) is 9.17. The van der Waals surface area contributed by atoms with Crippen molar-refractivity contribution < 1.29 is 4.39 Å². The average molecular weight is 207 g/mol. The molecule has 1 unspecified atom stereocenters. The maximum Gasteiger partial charge on any atom is 0.115 e. The van der Waals surface area contributed by atoms with Crippen LogP contribution in [0.2, 0.25) is 0 Å². The molecule has 82 valence electrons. The van der Waals surface area contributed by atoms with E-state index >= 15 is 0 Å². The molecule has 0 bridgehead atoms. The number of alkyl halides is 1. The smallest absolute Gasteiger partial charge is 0.115 e. The minimum absolute atomic E-state index is 0.140. The van der Waals surface area contributed by atoms with Gasteiger partial charge in [0.1, 0.15) is 5.67 Å². The van der Waals surface area contributed by atoms with Crippen molar-refractivity contribution in [3.63, 3.8) is 0 Å². The molecule has 1 atom stereocenters. The minimum atomic E-state index is -0.909. The zero-order valence-electron chi connectivity index (χ0n) is 9.17. The molecule has 0 saturated heterocycles. The van der Waals surface area contributed by atoms with Gasteiger partial charge in [0.15, 0.2) is 0 Å². The fourth-order valence-electron chi connectivity index (χ4n) is 1.93. The number of nitrogens with two attached hydrogens (primary N) is 1. The van der Waals surface area contributed by atoms with Gasteiger partial charge in [-0.3, -0.25) is 0 Å². The molecule has 0 aliphatic heterocycles. The largest absolute Gasteiger partial charge is 0.328 e. The monoisotopic (exact) mass is 207 g/mol. The Balaban J connectivity index is 2.14. The van der Waals surface area contributed by atoms with Crippen LogP contribution in [0.1, 0.15) is 30.9 Å². The van der Waals surface area contributed by atoms with E-state index < -0.39 is 5.67 Å². The summed E-state index contributed by atoms with van der Waals surface area (Å²) in [5.41, 5.74) is 7.21. The van der Waals surface area contributed by atoms with Crippen molar-refractivity contribution in [2.45, 2.75) is 44.3 Å². The Morgan fingerprint density at radius 3 is 2.47 bits per heavy atom. The number of hydrogen-bond acceptors (Lipinski definition) is 1. The predicted octanol–water partition coefficient (Wildman–Crippen LogP) is 2.62. The third kappa shape index (κ3) is 2.78. The molecule has 1 aromatic rings. The Labute approximate surface area is 90.5 Å². The van der Waals surface area contributed by atoms with Crippen LogP contribution in [0.15, 0.2) is 24.3 Å². The van der Waals surface area contributed by atoms with Crippen LogP contribution in [-0.2, 0) is 12.8 Å². The summed E-state index contributed by atoms with van der Waals surface area (Å²) in [5.74, 6) is 0. The van der Waals surface area contributed by atoms with Crippen LogP contribution in [0, 0.1) is 0 Å². The number of benzene rings is 1. The Bertz CT molecular complexity index is 342. The van der Waals surface area contributed by atoms with Crippen molar-refractivity contribution in [2.24, 2.45) is 5.73 Å². The summed E-state index contributed by atoms with van der Waals surface area (Å²) in [7, 11) is 0. The highest BCUT2D eigenvalue weighted by Crippen LogP contribution is 2.43. The van der Waals surface area contributed by atoms with Gasteiger partial charge in [0, 0.05) is 12.5 Å². The molecule has 1 aromatic carbocycles. The van der Waals surface area contributed by atoms with Crippen LogP contribution >= 0.6 is 0 Å². The van der Waals surface area contributed by atoms with Gasteiger partial charge >= 0.3 is 0 Å².